The van der Waals surface area contributed by atoms with Crippen LogP contribution >= 0.6 is 0 Å². The summed E-state index contributed by atoms with van der Waals surface area (Å²) in [4.78, 5) is 0. The zero-order valence-electron chi connectivity index (χ0n) is 16.7. The highest BCUT2D eigenvalue weighted by Crippen LogP contribution is 2.10. The van der Waals surface area contributed by atoms with Crippen LogP contribution in [0, 0.1) is 0 Å². The van der Waals surface area contributed by atoms with Gasteiger partial charge in [0.2, 0.25) is 0 Å². The van der Waals surface area contributed by atoms with Crippen molar-refractivity contribution in [2.75, 3.05) is 0 Å². The van der Waals surface area contributed by atoms with Gasteiger partial charge in [0.1, 0.15) is 0 Å². The first kappa shape index (κ1) is 24.3. The second kappa shape index (κ2) is 25.9. The van der Waals surface area contributed by atoms with Crippen LogP contribution in [0.1, 0.15) is 143 Å². The Hall–Kier alpha value is 0. The molecule has 0 atom stereocenters. The molecule has 0 fully saturated rings. The van der Waals surface area contributed by atoms with Crippen LogP contribution in [0.3, 0.4) is 0 Å². The van der Waals surface area contributed by atoms with Crippen molar-refractivity contribution in [2.45, 2.75) is 143 Å². The molecule has 0 nitrogen and oxygen atoms in total. The van der Waals surface area contributed by atoms with Crippen molar-refractivity contribution in [3.05, 3.63) is 0 Å². The quantitative estimate of drug-likeness (QED) is 0.249. The Bertz CT molecular complexity index is 134. The van der Waals surface area contributed by atoms with Crippen molar-refractivity contribution in [1.29, 1.82) is 0 Å². The van der Waals surface area contributed by atoms with Gasteiger partial charge >= 0.3 is 0 Å². The molecular weight excluding hydrogens is 264 g/mol. The molecule has 0 unspecified atom stereocenters. The van der Waals surface area contributed by atoms with E-state index < -0.39 is 0 Å². The summed E-state index contributed by atoms with van der Waals surface area (Å²) < 4.78 is 0. The van der Waals surface area contributed by atoms with Gasteiger partial charge < -0.3 is 0 Å². The average molecular weight is 313 g/mol. The summed E-state index contributed by atoms with van der Waals surface area (Å²) in [6.07, 6.45) is 25.9. The van der Waals surface area contributed by atoms with Crippen molar-refractivity contribution < 1.29 is 0 Å². The summed E-state index contributed by atoms with van der Waals surface area (Å²) in [5, 5.41) is 0. The second-order valence-corrected chi connectivity index (χ2v) is 6.95. The fourth-order valence-electron chi connectivity index (χ4n) is 2.77. The fourth-order valence-corrected chi connectivity index (χ4v) is 2.77. The third-order valence-corrected chi connectivity index (χ3v) is 4.41. The van der Waals surface area contributed by atoms with E-state index in [0.29, 0.717) is 0 Å². The van der Waals surface area contributed by atoms with Gasteiger partial charge in [-0.2, -0.15) is 0 Å². The lowest BCUT2D eigenvalue weighted by molar-refractivity contribution is 0.554. The molecule has 0 aliphatic heterocycles. The van der Waals surface area contributed by atoms with E-state index in [1.54, 1.807) is 0 Å². The van der Waals surface area contributed by atoms with E-state index in [-0.39, 0.29) is 0 Å². The average Bonchev–Trinajstić information content (AvgIpc) is 2.54. The minimum atomic E-state index is 1.37. The Kier molecular flexibility index (Phi) is 28.6. The van der Waals surface area contributed by atoms with Crippen LogP contribution in [0.15, 0.2) is 0 Å². The normalized spacial score (nSPS) is 10.4. The standard InChI is InChI=1S/C13H28.C9H20/c1-3-5-7-9-11-13-12-10-8-6-4-2;1-3-5-7-9-8-6-4-2/h3-13H2,1-2H3;3-9H2,1-2H3. The number of hydrogen-bond donors (Lipinski definition) is 0. The minimum Gasteiger partial charge on any atom is -0.0654 e. The lowest BCUT2D eigenvalue weighted by Gasteiger charge is -2.00. The van der Waals surface area contributed by atoms with Crippen LogP contribution in [0.5, 0.6) is 0 Å². The van der Waals surface area contributed by atoms with E-state index in [4.69, 9.17) is 0 Å². The van der Waals surface area contributed by atoms with Gasteiger partial charge in [-0.15, -0.1) is 0 Å². The van der Waals surface area contributed by atoms with E-state index in [1.165, 1.54) is 116 Å². The molecule has 0 bridgehead atoms. The van der Waals surface area contributed by atoms with Crippen molar-refractivity contribution in [2.24, 2.45) is 0 Å². The first-order valence-electron chi connectivity index (χ1n) is 10.8. The van der Waals surface area contributed by atoms with Crippen molar-refractivity contribution in [3.8, 4) is 0 Å². The highest BCUT2D eigenvalue weighted by molar-refractivity contribution is 4.46. The SMILES string of the molecule is CCCCCCCCC.CCCCCCCCCCCCC. The molecule has 0 heterocycles. The smallest absolute Gasteiger partial charge is 0.0533 e. The van der Waals surface area contributed by atoms with Gasteiger partial charge in [0.25, 0.3) is 0 Å². The van der Waals surface area contributed by atoms with Crippen LogP contribution in [0.4, 0.5) is 0 Å². The Balaban J connectivity index is 0. The van der Waals surface area contributed by atoms with Crippen molar-refractivity contribution in [3.63, 3.8) is 0 Å². The molecule has 0 saturated heterocycles. The molecule has 0 aromatic heterocycles. The summed E-state index contributed by atoms with van der Waals surface area (Å²) in [7, 11) is 0. The van der Waals surface area contributed by atoms with Gasteiger partial charge in [-0.05, 0) is 0 Å². The molecule has 0 saturated carbocycles. The first-order valence-corrected chi connectivity index (χ1v) is 10.8. The molecule has 0 heteroatoms. The highest BCUT2D eigenvalue weighted by Gasteiger charge is 1.91. The van der Waals surface area contributed by atoms with Gasteiger partial charge in [0, 0.05) is 0 Å². The molecule has 0 amide bonds. The summed E-state index contributed by atoms with van der Waals surface area (Å²) in [6.45, 7) is 9.09. The van der Waals surface area contributed by atoms with Crippen molar-refractivity contribution >= 4 is 0 Å². The molecule has 22 heavy (non-hydrogen) atoms. The molecule has 0 rings (SSSR count). The van der Waals surface area contributed by atoms with E-state index >= 15 is 0 Å². The van der Waals surface area contributed by atoms with Gasteiger partial charge in [-0.1, -0.05) is 143 Å². The highest BCUT2D eigenvalue weighted by atomic mass is 14.0. The maximum atomic E-state index is 2.28. The molecule has 0 spiro atoms. The molecule has 0 aromatic carbocycles. The zero-order chi connectivity index (χ0) is 16.7. The number of hydrogen-bond acceptors (Lipinski definition) is 0. The Morgan fingerprint density at radius 2 is 0.364 bits per heavy atom. The molecule has 0 N–H and O–H groups in total. The van der Waals surface area contributed by atoms with Crippen LogP contribution in [-0.2, 0) is 0 Å². The van der Waals surface area contributed by atoms with Crippen LogP contribution < -0.4 is 0 Å². The molecule has 0 aromatic rings. The van der Waals surface area contributed by atoms with Crippen LogP contribution in [0.2, 0.25) is 0 Å². The van der Waals surface area contributed by atoms with Crippen molar-refractivity contribution in [1.82, 2.24) is 0 Å². The molecule has 0 radical (unpaired) electrons. The summed E-state index contributed by atoms with van der Waals surface area (Å²) in [6, 6.07) is 0. The summed E-state index contributed by atoms with van der Waals surface area (Å²) in [5.74, 6) is 0. The Morgan fingerprint density at radius 3 is 0.500 bits per heavy atom. The first-order chi connectivity index (χ1) is 10.8. The van der Waals surface area contributed by atoms with E-state index in [1.807, 2.05) is 0 Å². The van der Waals surface area contributed by atoms with Gasteiger partial charge in [0.15, 0.2) is 0 Å². The maximum Gasteiger partial charge on any atom is -0.0533 e. The Morgan fingerprint density at radius 1 is 0.227 bits per heavy atom. The summed E-state index contributed by atoms with van der Waals surface area (Å²) in [5.41, 5.74) is 0. The summed E-state index contributed by atoms with van der Waals surface area (Å²) >= 11 is 0. The van der Waals surface area contributed by atoms with E-state index in [0.717, 1.165) is 0 Å². The van der Waals surface area contributed by atoms with E-state index in [9.17, 15) is 0 Å². The number of rotatable bonds is 16. The minimum absolute atomic E-state index is 1.37. The van der Waals surface area contributed by atoms with Crippen LogP contribution in [-0.4, -0.2) is 0 Å². The molecule has 136 valence electrons. The monoisotopic (exact) mass is 312 g/mol. The fraction of sp³-hybridized carbons (Fsp3) is 1.00. The predicted molar refractivity (Wildman–Crippen MR) is 106 cm³/mol. The van der Waals surface area contributed by atoms with Crippen LogP contribution in [0.25, 0.3) is 0 Å². The van der Waals surface area contributed by atoms with Gasteiger partial charge in [0.05, 0.1) is 0 Å². The topological polar surface area (TPSA) is 0 Å². The molecule has 0 aliphatic carbocycles. The zero-order valence-corrected chi connectivity index (χ0v) is 16.7. The molecular formula is C22H48. The second-order valence-electron chi connectivity index (χ2n) is 6.95. The van der Waals surface area contributed by atoms with Gasteiger partial charge in [-0.3, -0.25) is 0 Å². The largest absolute Gasteiger partial charge is 0.0654 e. The molecule has 0 aliphatic rings. The Labute approximate surface area is 143 Å². The predicted octanol–water partition coefficient (Wildman–Crippen LogP) is 9.07. The lowest BCUT2D eigenvalue weighted by Crippen LogP contribution is -1.80. The third-order valence-electron chi connectivity index (χ3n) is 4.41. The lowest BCUT2D eigenvalue weighted by atomic mass is 10.1. The van der Waals surface area contributed by atoms with Gasteiger partial charge in [-0.25, -0.2) is 0 Å². The number of unbranched alkanes of at least 4 members (excludes halogenated alkanes) is 16. The maximum absolute atomic E-state index is 2.28. The third kappa shape index (κ3) is 28.2. The van der Waals surface area contributed by atoms with E-state index in [2.05, 4.69) is 27.7 Å².